The third-order valence-corrected chi connectivity index (χ3v) is 4.27. The largest absolute Gasteiger partial charge is 0.338 e. The molecule has 128 valence electrons. The molecule has 1 aromatic carbocycles. The lowest BCUT2D eigenvalue weighted by Crippen LogP contribution is -2.35. The summed E-state index contributed by atoms with van der Waals surface area (Å²) >= 11 is 5.88. The van der Waals surface area contributed by atoms with E-state index in [2.05, 4.69) is 15.0 Å². The average Bonchev–Trinajstić information content (AvgIpc) is 2.92. The second kappa shape index (κ2) is 7.74. The monoisotopic (exact) mass is 349 g/mol. The number of hydrogen-bond acceptors (Lipinski definition) is 6. The van der Waals surface area contributed by atoms with Gasteiger partial charge >= 0.3 is 0 Å². The predicted molar refractivity (Wildman–Crippen MR) is 89.4 cm³/mol. The maximum Gasteiger partial charge on any atom is 0.253 e. The molecule has 24 heavy (non-hydrogen) atoms. The summed E-state index contributed by atoms with van der Waals surface area (Å²) in [6, 6.07) is 7.01. The Bertz CT molecular complexity index is 688. The molecule has 0 bridgehead atoms. The molecule has 1 saturated heterocycles. The molecule has 1 fully saturated rings. The highest BCUT2D eigenvalue weighted by molar-refractivity contribution is 6.30. The fourth-order valence-electron chi connectivity index (χ4n) is 2.74. The highest BCUT2D eigenvalue weighted by Crippen LogP contribution is 2.14. The summed E-state index contributed by atoms with van der Waals surface area (Å²) in [6.07, 6.45) is 0.904. The Morgan fingerprint density at radius 2 is 2.00 bits per heavy atom. The van der Waals surface area contributed by atoms with E-state index >= 15 is 0 Å². The van der Waals surface area contributed by atoms with Gasteiger partial charge in [-0.3, -0.25) is 9.69 Å². The summed E-state index contributed by atoms with van der Waals surface area (Å²) in [5, 5.41) is 4.55. The van der Waals surface area contributed by atoms with E-state index in [1.807, 2.05) is 4.90 Å². The van der Waals surface area contributed by atoms with Gasteiger partial charge in [0.2, 0.25) is 5.89 Å². The van der Waals surface area contributed by atoms with Crippen LogP contribution in [0.4, 0.5) is 0 Å². The molecule has 0 atom stereocenters. The normalized spacial score (nSPS) is 16.2. The summed E-state index contributed by atoms with van der Waals surface area (Å²) < 4.78 is 5.03. The van der Waals surface area contributed by atoms with Crippen LogP contribution in [0.25, 0.3) is 0 Å². The van der Waals surface area contributed by atoms with Crippen LogP contribution in [-0.4, -0.2) is 52.0 Å². The summed E-state index contributed by atoms with van der Waals surface area (Å²) in [4.78, 5) is 20.9. The molecule has 0 aliphatic carbocycles. The van der Waals surface area contributed by atoms with E-state index in [0.717, 1.165) is 26.1 Å². The predicted octanol–water partition coefficient (Wildman–Crippen LogP) is 1.53. The number of nitrogens with zero attached hydrogens (tertiary/aromatic N) is 4. The van der Waals surface area contributed by atoms with E-state index in [0.29, 0.717) is 35.4 Å². The highest BCUT2D eigenvalue weighted by atomic mass is 35.5. The first-order valence-corrected chi connectivity index (χ1v) is 8.32. The number of carbonyl (C=O) groups is 1. The number of halogens is 1. The van der Waals surface area contributed by atoms with Crippen LogP contribution in [0.3, 0.4) is 0 Å². The SMILES string of the molecule is NCc1nc(CN2CCCN(C(=O)c3ccc(Cl)cc3)CC2)no1. The van der Waals surface area contributed by atoms with Crippen LogP contribution in [0.15, 0.2) is 28.8 Å². The Balaban J connectivity index is 1.58. The smallest absolute Gasteiger partial charge is 0.253 e. The molecule has 1 aliphatic heterocycles. The maximum absolute atomic E-state index is 12.6. The van der Waals surface area contributed by atoms with Crippen molar-refractivity contribution in [1.29, 1.82) is 0 Å². The standard InChI is InChI=1S/C16H20ClN5O2/c17-13-4-2-12(3-5-13)16(23)22-7-1-6-21(8-9-22)11-14-19-15(10-18)24-20-14/h2-5H,1,6-11,18H2. The zero-order valence-electron chi connectivity index (χ0n) is 13.3. The minimum absolute atomic E-state index is 0.0403. The summed E-state index contributed by atoms with van der Waals surface area (Å²) in [5.41, 5.74) is 6.14. The van der Waals surface area contributed by atoms with Crippen LogP contribution in [0, 0.1) is 0 Å². The van der Waals surface area contributed by atoms with Gasteiger partial charge in [-0.15, -0.1) is 0 Å². The maximum atomic E-state index is 12.6. The van der Waals surface area contributed by atoms with Gasteiger partial charge in [-0.2, -0.15) is 4.98 Å². The number of amides is 1. The molecule has 1 amide bonds. The first-order chi connectivity index (χ1) is 11.7. The fraction of sp³-hybridized carbons (Fsp3) is 0.438. The molecule has 1 aromatic heterocycles. The number of carbonyl (C=O) groups excluding carboxylic acids is 1. The first kappa shape index (κ1) is 16.9. The Morgan fingerprint density at radius 1 is 1.21 bits per heavy atom. The lowest BCUT2D eigenvalue weighted by molar-refractivity contribution is 0.0761. The van der Waals surface area contributed by atoms with E-state index in [-0.39, 0.29) is 12.5 Å². The zero-order valence-corrected chi connectivity index (χ0v) is 14.1. The number of hydrogen-bond donors (Lipinski definition) is 1. The third kappa shape index (κ3) is 4.11. The molecule has 2 heterocycles. The molecule has 0 radical (unpaired) electrons. The number of benzene rings is 1. The minimum Gasteiger partial charge on any atom is -0.338 e. The Hall–Kier alpha value is -1.96. The lowest BCUT2D eigenvalue weighted by Gasteiger charge is -2.21. The van der Waals surface area contributed by atoms with Gasteiger partial charge in [-0.25, -0.2) is 0 Å². The van der Waals surface area contributed by atoms with Gasteiger partial charge in [0.25, 0.3) is 5.91 Å². The minimum atomic E-state index is 0.0403. The molecule has 2 aromatic rings. The van der Waals surface area contributed by atoms with Gasteiger partial charge in [0, 0.05) is 36.8 Å². The molecular weight excluding hydrogens is 330 g/mol. The van der Waals surface area contributed by atoms with Crippen LogP contribution in [0.2, 0.25) is 5.02 Å². The summed E-state index contributed by atoms with van der Waals surface area (Å²) in [5.74, 6) is 1.12. The Morgan fingerprint density at radius 3 is 2.71 bits per heavy atom. The van der Waals surface area contributed by atoms with Crippen molar-refractivity contribution in [3.8, 4) is 0 Å². The second-order valence-electron chi connectivity index (χ2n) is 5.74. The molecule has 0 saturated carbocycles. The van der Waals surface area contributed by atoms with Gasteiger partial charge in [-0.1, -0.05) is 16.8 Å². The molecule has 0 spiro atoms. The van der Waals surface area contributed by atoms with Crippen molar-refractivity contribution in [3.63, 3.8) is 0 Å². The van der Waals surface area contributed by atoms with E-state index in [1.54, 1.807) is 24.3 Å². The lowest BCUT2D eigenvalue weighted by atomic mass is 10.2. The average molecular weight is 350 g/mol. The van der Waals surface area contributed by atoms with Crippen molar-refractivity contribution in [1.82, 2.24) is 19.9 Å². The van der Waals surface area contributed by atoms with E-state index < -0.39 is 0 Å². The molecule has 1 aliphatic rings. The van der Waals surface area contributed by atoms with E-state index in [9.17, 15) is 4.79 Å². The van der Waals surface area contributed by atoms with Crippen LogP contribution in [-0.2, 0) is 13.1 Å². The van der Waals surface area contributed by atoms with Crippen molar-refractivity contribution in [3.05, 3.63) is 46.6 Å². The van der Waals surface area contributed by atoms with Crippen LogP contribution >= 0.6 is 11.6 Å². The summed E-state index contributed by atoms with van der Waals surface area (Å²) in [6.45, 7) is 3.91. The molecule has 7 nitrogen and oxygen atoms in total. The van der Waals surface area contributed by atoms with Crippen molar-refractivity contribution in [2.75, 3.05) is 26.2 Å². The highest BCUT2D eigenvalue weighted by Gasteiger charge is 2.21. The summed E-state index contributed by atoms with van der Waals surface area (Å²) in [7, 11) is 0. The fourth-order valence-corrected chi connectivity index (χ4v) is 2.87. The molecule has 3 rings (SSSR count). The first-order valence-electron chi connectivity index (χ1n) is 7.94. The van der Waals surface area contributed by atoms with Crippen molar-refractivity contribution in [2.24, 2.45) is 5.73 Å². The number of rotatable bonds is 4. The van der Waals surface area contributed by atoms with E-state index in [1.165, 1.54) is 0 Å². The van der Waals surface area contributed by atoms with Crippen LogP contribution in [0.1, 0.15) is 28.5 Å². The van der Waals surface area contributed by atoms with Gasteiger partial charge < -0.3 is 15.2 Å². The van der Waals surface area contributed by atoms with Crippen LogP contribution < -0.4 is 5.73 Å². The van der Waals surface area contributed by atoms with Gasteiger partial charge in [0.1, 0.15) is 0 Å². The third-order valence-electron chi connectivity index (χ3n) is 4.02. The van der Waals surface area contributed by atoms with Gasteiger partial charge in [0.05, 0.1) is 13.1 Å². The molecule has 2 N–H and O–H groups in total. The Labute approximate surface area is 145 Å². The van der Waals surface area contributed by atoms with E-state index in [4.69, 9.17) is 21.9 Å². The molecular formula is C16H20ClN5O2. The molecule has 8 heteroatoms. The number of nitrogens with two attached hydrogens (primary N) is 1. The topological polar surface area (TPSA) is 88.5 Å². The van der Waals surface area contributed by atoms with Crippen molar-refractivity contribution >= 4 is 17.5 Å². The van der Waals surface area contributed by atoms with Gasteiger partial charge in [-0.05, 0) is 30.7 Å². The van der Waals surface area contributed by atoms with Crippen molar-refractivity contribution < 1.29 is 9.32 Å². The Kier molecular flexibility index (Phi) is 5.44. The van der Waals surface area contributed by atoms with Gasteiger partial charge in [0.15, 0.2) is 5.82 Å². The number of aromatic nitrogens is 2. The molecule has 0 unspecified atom stereocenters. The quantitative estimate of drug-likeness (QED) is 0.900. The zero-order chi connectivity index (χ0) is 16.9. The second-order valence-corrected chi connectivity index (χ2v) is 6.17. The van der Waals surface area contributed by atoms with Crippen LogP contribution in [0.5, 0.6) is 0 Å². The van der Waals surface area contributed by atoms with Crippen molar-refractivity contribution in [2.45, 2.75) is 19.5 Å².